The Hall–Kier alpha value is -2.58. The average Bonchev–Trinajstić information content (AvgIpc) is 2.42. The van der Waals surface area contributed by atoms with Gasteiger partial charge in [0.1, 0.15) is 5.75 Å². The highest BCUT2D eigenvalue weighted by molar-refractivity contribution is 6.31. The standard InChI is InChI=1S/C14H9ClN2O3/c1-9-6-11(3-4-12(9)15)20-14-7-10(8-16)2-5-13(14)17(18)19/h2-7H,1H3. The Kier molecular flexibility index (Phi) is 3.87. The number of aryl methyl sites for hydroxylation is 1. The van der Waals surface area contributed by atoms with Crippen LogP contribution in [0.15, 0.2) is 36.4 Å². The van der Waals surface area contributed by atoms with Crippen LogP contribution in [0.3, 0.4) is 0 Å². The molecule has 0 heterocycles. The molecule has 0 saturated carbocycles. The van der Waals surface area contributed by atoms with Crippen LogP contribution >= 0.6 is 11.6 Å². The normalized spacial score (nSPS) is 9.85. The predicted octanol–water partition coefficient (Wildman–Crippen LogP) is 4.22. The molecule has 0 aliphatic rings. The summed E-state index contributed by atoms with van der Waals surface area (Å²) in [6, 6.07) is 10.8. The van der Waals surface area contributed by atoms with Crippen LogP contribution in [0.1, 0.15) is 11.1 Å². The summed E-state index contributed by atoms with van der Waals surface area (Å²) in [4.78, 5) is 10.4. The number of benzene rings is 2. The van der Waals surface area contributed by atoms with Crippen LogP contribution < -0.4 is 4.74 Å². The van der Waals surface area contributed by atoms with Gasteiger partial charge in [-0.05, 0) is 36.8 Å². The van der Waals surface area contributed by atoms with Gasteiger partial charge in [-0.1, -0.05) is 11.6 Å². The van der Waals surface area contributed by atoms with Gasteiger partial charge in [0.25, 0.3) is 0 Å². The molecule has 0 N–H and O–H groups in total. The van der Waals surface area contributed by atoms with E-state index in [4.69, 9.17) is 21.6 Å². The zero-order valence-corrected chi connectivity index (χ0v) is 11.2. The first-order chi connectivity index (χ1) is 9.51. The molecule has 5 nitrogen and oxygen atoms in total. The van der Waals surface area contributed by atoms with Gasteiger partial charge in [-0.2, -0.15) is 5.26 Å². The molecule has 0 spiro atoms. The van der Waals surface area contributed by atoms with Crippen molar-refractivity contribution < 1.29 is 9.66 Å². The molecule has 0 aromatic heterocycles. The van der Waals surface area contributed by atoms with Crippen LogP contribution in [0.25, 0.3) is 0 Å². The molecular weight excluding hydrogens is 280 g/mol. The van der Waals surface area contributed by atoms with Gasteiger partial charge in [-0.25, -0.2) is 0 Å². The van der Waals surface area contributed by atoms with Gasteiger partial charge in [0.05, 0.1) is 16.6 Å². The van der Waals surface area contributed by atoms with E-state index >= 15 is 0 Å². The molecular formula is C14H9ClN2O3. The van der Waals surface area contributed by atoms with Crippen molar-refractivity contribution in [2.45, 2.75) is 6.92 Å². The number of nitro groups is 1. The second-order valence-electron chi connectivity index (χ2n) is 4.06. The van der Waals surface area contributed by atoms with E-state index in [0.29, 0.717) is 10.8 Å². The topological polar surface area (TPSA) is 76.2 Å². The maximum absolute atomic E-state index is 11.0. The molecule has 0 radical (unpaired) electrons. The smallest absolute Gasteiger partial charge is 0.311 e. The van der Waals surface area contributed by atoms with Crippen LogP contribution in [0.2, 0.25) is 5.02 Å². The molecule has 0 amide bonds. The fourth-order valence-electron chi connectivity index (χ4n) is 1.62. The molecule has 20 heavy (non-hydrogen) atoms. The van der Waals surface area contributed by atoms with Crippen LogP contribution in [-0.2, 0) is 0 Å². The summed E-state index contributed by atoms with van der Waals surface area (Å²) in [5.41, 5.74) is 0.885. The van der Waals surface area contributed by atoms with Crippen molar-refractivity contribution in [1.29, 1.82) is 5.26 Å². The fraction of sp³-hybridized carbons (Fsp3) is 0.0714. The largest absolute Gasteiger partial charge is 0.450 e. The van der Waals surface area contributed by atoms with E-state index in [-0.39, 0.29) is 17.0 Å². The third-order valence-corrected chi connectivity index (χ3v) is 3.07. The molecule has 0 atom stereocenters. The van der Waals surface area contributed by atoms with Crippen molar-refractivity contribution in [3.8, 4) is 17.6 Å². The van der Waals surface area contributed by atoms with Gasteiger partial charge in [0, 0.05) is 17.2 Å². The number of nitrogens with zero attached hydrogens (tertiary/aromatic N) is 2. The Morgan fingerprint density at radius 3 is 2.65 bits per heavy atom. The van der Waals surface area contributed by atoms with Gasteiger partial charge in [-0.3, -0.25) is 10.1 Å². The molecule has 2 aromatic carbocycles. The summed E-state index contributed by atoms with van der Waals surface area (Å²) in [5, 5.41) is 20.4. The number of halogens is 1. The van der Waals surface area contributed by atoms with E-state index in [1.54, 1.807) is 25.1 Å². The summed E-state index contributed by atoms with van der Waals surface area (Å²) in [6.07, 6.45) is 0. The molecule has 0 bridgehead atoms. The number of hydrogen-bond donors (Lipinski definition) is 0. The lowest BCUT2D eigenvalue weighted by atomic mass is 10.2. The molecule has 2 rings (SSSR count). The number of ether oxygens (including phenoxy) is 1. The molecule has 2 aromatic rings. The lowest BCUT2D eigenvalue weighted by molar-refractivity contribution is -0.385. The minimum absolute atomic E-state index is 0.0239. The summed E-state index contributed by atoms with van der Waals surface area (Å²) in [5.74, 6) is 0.445. The van der Waals surface area contributed by atoms with E-state index in [9.17, 15) is 10.1 Å². The van der Waals surface area contributed by atoms with E-state index in [1.807, 2.05) is 6.07 Å². The van der Waals surface area contributed by atoms with Crippen LogP contribution in [0, 0.1) is 28.4 Å². The minimum Gasteiger partial charge on any atom is -0.450 e. The Morgan fingerprint density at radius 1 is 1.30 bits per heavy atom. The van der Waals surface area contributed by atoms with Crippen molar-refractivity contribution in [2.75, 3.05) is 0 Å². The zero-order chi connectivity index (χ0) is 14.7. The highest BCUT2D eigenvalue weighted by atomic mass is 35.5. The van der Waals surface area contributed by atoms with Gasteiger partial charge < -0.3 is 4.74 Å². The van der Waals surface area contributed by atoms with Crippen LogP contribution in [0.5, 0.6) is 11.5 Å². The van der Waals surface area contributed by atoms with Gasteiger partial charge in [0.2, 0.25) is 5.75 Å². The minimum atomic E-state index is -0.556. The second kappa shape index (κ2) is 5.59. The van der Waals surface area contributed by atoms with Crippen LogP contribution in [-0.4, -0.2) is 4.92 Å². The Labute approximate surface area is 120 Å². The van der Waals surface area contributed by atoms with Crippen molar-refractivity contribution in [2.24, 2.45) is 0 Å². The Bertz CT molecular complexity index is 723. The van der Waals surface area contributed by atoms with Gasteiger partial charge in [0.15, 0.2) is 0 Å². The molecule has 6 heteroatoms. The number of nitro benzene ring substituents is 1. The number of hydrogen-bond acceptors (Lipinski definition) is 4. The average molecular weight is 289 g/mol. The third-order valence-electron chi connectivity index (χ3n) is 2.64. The highest BCUT2D eigenvalue weighted by Crippen LogP contribution is 2.33. The quantitative estimate of drug-likeness (QED) is 0.626. The Balaban J connectivity index is 2.43. The van der Waals surface area contributed by atoms with Crippen molar-refractivity contribution in [3.05, 3.63) is 62.7 Å². The number of rotatable bonds is 3. The number of nitriles is 1. The summed E-state index contributed by atoms with van der Waals surface area (Å²) in [6.45, 7) is 1.80. The lowest BCUT2D eigenvalue weighted by Gasteiger charge is -2.08. The molecule has 0 saturated heterocycles. The lowest BCUT2D eigenvalue weighted by Crippen LogP contribution is -1.94. The van der Waals surface area contributed by atoms with E-state index < -0.39 is 4.92 Å². The van der Waals surface area contributed by atoms with Crippen LogP contribution in [0.4, 0.5) is 5.69 Å². The molecule has 0 unspecified atom stereocenters. The first-order valence-electron chi connectivity index (χ1n) is 5.64. The van der Waals surface area contributed by atoms with Crippen molar-refractivity contribution >= 4 is 17.3 Å². The maximum atomic E-state index is 11.0. The fourth-order valence-corrected chi connectivity index (χ4v) is 1.74. The van der Waals surface area contributed by atoms with E-state index in [0.717, 1.165) is 5.56 Å². The first-order valence-corrected chi connectivity index (χ1v) is 6.01. The van der Waals surface area contributed by atoms with Crippen molar-refractivity contribution in [1.82, 2.24) is 0 Å². The third kappa shape index (κ3) is 2.87. The van der Waals surface area contributed by atoms with Crippen molar-refractivity contribution in [3.63, 3.8) is 0 Å². The predicted molar refractivity (Wildman–Crippen MR) is 74.1 cm³/mol. The molecule has 0 aliphatic carbocycles. The summed E-state index contributed by atoms with van der Waals surface area (Å²) < 4.78 is 5.50. The highest BCUT2D eigenvalue weighted by Gasteiger charge is 2.16. The summed E-state index contributed by atoms with van der Waals surface area (Å²) >= 11 is 5.91. The Morgan fingerprint density at radius 2 is 2.05 bits per heavy atom. The summed E-state index contributed by atoms with van der Waals surface area (Å²) in [7, 11) is 0. The monoisotopic (exact) mass is 288 g/mol. The first kappa shape index (κ1) is 13.8. The molecule has 0 fully saturated rings. The van der Waals surface area contributed by atoms with E-state index in [2.05, 4.69) is 0 Å². The molecule has 0 aliphatic heterocycles. The van der Waals surface area contributed by atoms with Gasteiger partial charge in [-0.15, -0.1) is 0 Å². The molecule has 100 valence electrons. The van der Waals surface area contributed by atoms with Gasteiger partial charge >= 0.3 is 5.69 Å². The zero-order valence-electron chi connectivity index (χ0n) is 10.5. The maximum Gasteiger partial charge on any atom is 0.311 e. The van der Waals surface area contributed by atoms with E-state index in [1.165, 1.54) is 18.2 Å². The SMILES string of the molecule is Cc1cc(Oc2cc(C#N)ccc2[N+](=O)[O-])ccc1Cl. The second-order valence-corrected chi connectivity index (χ2v) is 4.47.